The highest BCUT2D eigenvalue weighted by atomic mass is 16.8. The van der Waals surface area contributed by atoms with Crippen LogP contribution in [0, 0.1) is 45.3 Å². The molecule has 0 aromatic heterocycles. The summed E-state index contributed by atoms with van der Waals surface area (Å²) in [7, 11) is 0. The standard InChI is InChI=1S/C54H90O18/c1-28(34-15-16-52(6)41-12-10-35-36(54(41,8)42(63)23-53(34,52)7)11-14-43(50(35,2)3)70-45-19-29(58)17-31(24-55)66-45)9-13-44(51(4,5)64)71-49-47(72-46-20-30(59)18-32(25-56)67-46)38(61)21-33(68-49)27-65-48-39(62)22-37(60)40(26-57)69-48/h10,28-34,36-41,43-49,55-62,64H,9,11-27H2,1-8H3/t28-,29+,30+,31+,32+,33?,34?,36?,37+,38+,39-,40-,41?,43+,44-,45+,46+,47?,48+,49+,52+,53-,54+/m1/s1. The first-order valence-corrected chi connectivity index (χ1v) is 27.2. The van der Waals surface area contributed by atoms with Crippen molar-refractivity contribution in [2.24, 2.45) is 45.3 Å². The molecule has 8 rings (SSSR count). The Morgan fingerprint density at radius 3 is 2.00 bits per heavy atom. The minimum absolute atomic E-state index is 0.0126. The summed E-state index contributed by atoms with van der Waals surface area (Å²) in [6, 6.07) is 0. The van der Waals surface area contributed by atoms with Gasteiger partial charge in [-0.1, -0.05) is 53.2 Å². The van der Waals surface area contributed by atoms with E-state index in [-0.39, 0.29) is 91.5 Å². The van der Waals surface area contributed by atoms with Crippen molar-refractivity contribution >= 4 is 5.78 Å². The maximum atomic E-state index is 15.2. The summed E-state index contributed by atoms with van der Waals surface area (Å²) in [4.78, 5) is 15.2. The number of rotatable bonds is 17. The van der Waals surface area contributed by atoms with E-state index >= 15 is 4.79 Å². The van der Waals surface area contributed by atoms with Crippen molar-refractivity contribution in [2.45, 2.75) is 249 Å². The molecule has 0 bridgehead atoms. The summed E-state index contributed by atoms with van der Waals surface area (Å²) >= 11 is 0. The Bertz CT molecular complexity index is 1860. The Hall–Kier alpha value is -1.27. The Kier molecular flexibility index (Phi) is 17.6. The number of carbonyl (C=O) groups is 1. The maximum Gasteiger partial charge on any atom is 0.187 e. The Morgan fingerprint density at radius 1 is 0.722 bits per heavy atom. The number of hydrogen-bond donors (Lipinski definition) is 9. The Labute approximate surface area is 426 Å². The first-order chi connectivity index (χ1) is 33.9. The second-order valence-corrected chi connectivity index (χ2v) is 25.1. The summed E-state index contributed by atoms with van der Waals surface area (Å²) in [6.45, 7) is 15.9. The molecule has 0 aromatic carbocycles. The van der Waals surface area contributed by atoms with Crippen LogP contribution < -0.4 is 0 Å². The topological polar surface area (TPSA) is 273 Å². The Morgan fingerprint density at radius 2 is 1.38 bits per heavy atom. The summed E-state index contributed by atoms with van der Waals surface area (Å²) in [6.07, 6.45) is -4.66. The Balaban J connectivity index is 0.960. The van der Waals surface area contributed by atoms with E-state index < -0.39 is 110 Å². The third-order valence-electron chi connectivity index (χ3n) is 19.7. The second-order valence-electron chi connectivity index (χ2n) is 25.1. The fraction of sp³-hybridized carbons (Fsp3) is 0.944. The van der Waals surface area contributed by atoms with Gasteiger partial charge in [0, 0.05) is 55.8 Å². The smallest absolute Gasteiger partial charge is 0.187 e. The van der Waals surface area contributed by atoms with Gasteiger partial charge < -0.3 is 83.9 Å². The number of carbonyl (C=O) groups excluding carboxylic acids is 1. The predicted molar refractivity (Wildman–Crippen MR) is 258 cm³/mol. The number of hydrogen-bond acceptors (Lipinski definition) is 18. The van der Waals surface area contributed by atoms with Crippen molar-refractivity contribution in [3.05, 3.63) is 11.6 Å². The van der Waals surface area contributed by atoms with Crippen LogP contribution in [0.2, 0.25) is 0 Å². The van der Waals surface area contributed by atoms with Crippen molar-refractivity contribution in [2.75, 3.05) is 26.4 Å². The van der Waals surface area contributed by atoms with Crippen molar-refractivity contribution in [1.82, 2.24) is 0 Å². The molecule has 414 valence electrons. The van der Waals surface area contributed by atoms with Crippen molar-refractivity contribution in [3.63, 3.8) is 0 Å². The molecular formula is C54H90O18. The summed E-state index contributed by atoms with van der Waals surface area (Å²) in [5, 5.41) is 94.8. The van der Waals surface area contributed by atoms with Gasteiger partial charge in [0.05, 0.1) is 87.0 Å². The normalized spacial score (nSPS) is 47.5. The van der Waals surface area contributed by atoms with Crippen molar-refractivity contribution in [1.29, 1.82) is 0 Å². The van der Waals surface area contributed by atoms with Gasteiger partial charge >= 0.3 is 0 Å². The molecule has 4 saturated heterocycles. The van der Waals surface area contributed by atoms with E-state index in [0.717, 1.165) is 32.1 Å². The number of fused-ring (bicyclic) bond motifs is 5. The number of aliphatic hydroxyl groups is 9. The van der Waals surface area contributed by atoms with Crippen LogP contribution in [0.25, 0.3) is 0 Å². The molecule has 0 radical (unpaired) electrons. The number of Topliss-reactive ketones (excluding diaryl/α,β-unsaturated/α-hetero) is 1. The van der Waals surface area contributed by atoms with Crippen LogP contribution in [0.1, 0.15) is 145 Å². The molecular weight excluding hydrogens is 937 g/mol. The van der Waals surface area contributed by atoms with Crippen LogP contribution in [0.5, 0.6) is 0 Å². The number of ketones is 1. The average Bonchev–Trinajstić information content (AvgIpc) is 3.58. The molecule has 0 spiro atoms. The molecule has 7 fully saturated rings. The van der Waals surface area contributed by atoms with Crippen LogP contribution >= 0.6 is 0 Å². The molecule has 0 amide bonds. The molecule has 3 saturated carbocycles. The molecule has 18 heteroatoms. The fourth-order valence-corrected chi connectivity index (χ4v) is 15.3. The molecule has 5 unspecified atom stereocenters. The van der Waals surface area contributed by atoms with Crippen LogP contribution in [0.4, 0.5) is 0 Å². The quantitative estimate of drug-likeness (QED) is 0.0947. The van der Waals surface area contributed by atoms with E-state index in [9.17, 15) is 46.0 Å². The molecule has 4 aliphatic heterocycles. The minimum atomic E-state index is -1.39. The second kappa shape index (κ2) is 22.2. The predicted octanol–water partition coefficient (Wildman–Crippen LogP) is 3.15. The lowest BCUT2D eigenvalue weighted by molar-refractivity contribution is -0.347. The number of allylic oxidation sites excluding steroid dienone is 1. The minimum Gasteiger partial charge on any atom is -0.394 e. The highest BCUT2D eigenvalue weighted by Crippen LogP contribution is 2.74. The van der Waals surface area contributed by atoms with Crippen molar-refractivity contribution < 1.29 is 88.6 Å². The lowest BCUT2D eigenvalue weighted by Crippen LogP contribution is -2.63. The third kappa shape index (κ3) is 11.1. The van der Waals surface area contributed by atoms with Gasteiger partial charge in [0.15, 0.2) is 25.2 Å². The zero-order chi connectivity index (χ0) is 52.3. The monoisotopic (exact) mass is 1030 g/mol. The van der Waals surface area contributed by atoms with Gasteiger partial charge in [0.25, 0.3) is 0 Å². The zero-order valence-corrected chi connectivity index (χ0v) is 44.1. The van der Waals surface area contributed by atoms with E-state index in [1.807, 2.05) is 0 Å². The van der Waals surface area contributed by atoms with E-state index in [0.29, 0.717) is 37.9 Å². The lowest BCUT2D eigenvalue weighted by atomic mass is 9.38. The molecule has 8 aliphatic rings. The van der Waals surface area contributed by atoms with Crippen molar-refractivity contribution in [3.8, 4) is 0 Å². The largest absolute Gasteiger partial charge is 0.394 e. The van der Waals surface area contributed by atoms with Gasteiger partial charge in [0.1, 0.15) is 24.1 Å². The zero-order valence-electron chi connectivity index (χ0n) is 44.1. The summed E-state index contributed by atoms with van der Waals surface area (Å²) in [5.41, 5.74) is -1.44. The van der Waals surface area contributed by atoms with Gasteiger partial charge in [0.2, 0.25) is 0 Å². The van der Waals surface area contributed by atoms with Crippen LogP contribution in [0.3, 0.4) is 0 Å². The number of ether oxygens (including phenoxy) is 8. The average molecular weight is 1030 g/mol. The van der Waals surface area contributed by atoms with Gasteiger partial charge in [-0.05, 0) is 93.3 Å². The van der Waals surface area contributed by atoms with Crippen LogP contribution in [0.15, 0.2) is 11.6 Å². The molecule has 0 aromatic rings. The molecule has 4 heterocycles. The first kappa shape index (κ1) is 56.9. The highest BCUT2D eigenvalue weighted by molar-refractivity contribution is 5.88. The van der Waals surface area contributed by atoms with Gasteiger partial charge in [-0.3, -0.25) is 4.79 Å². The van der Waals surface area contributed by atoms with Crippen LogP contribution in [-0.2, 0) is 42.7 Å². The fourth-order valence-electron chi connectivity index (χ4n) is 15.3. The number of aliphatic hydroxyl groups excluding tert-OH is 8. The van der Waals surface area contributed by atoms with E-state index in [4.69, 9.17) is 37.9 Å². The summed E-state index contributed by atoms with van der Waals surface area (Å²) < 4.78 is 49.7. The van der Waals surface area contributed by atoms with Gasteiger partial charge in [-0.15, -0.1) is 0 Å². The molecule has 9 N–H and O–H groups in total. The summed E-state index contributed by atoms with van der Waals surface area (Å²) in [5.74, 6) is 0.894. The first-order valence-electron chi connectivity index (χ1n) is 27.2. The van der Waals surface area contributed by atoms with E-state index in [1.54, 1.807) is 13.8 Å². The molecule has 72 heavy (non-hydrogen) atoms. The van der Waals surface area contributed by atoms with E-state index in [2.05, 4.69) is 47.6 Å². The van der Waals surface area contributed by atoms with E-state index in [1.165, 1.54) is 5.57 Å². The highest BCUT2D eigenvalue weighted by Gasteiger charge is 2.70. The molecule has 18 nitrogen and oxygen atoms in total. The van der Waals surface area contributed by atoms with Gasteiger partial charge in [-0.2, -0.15) is 0 Å². The SMILES string of the molecule is C[C@H](CC[C@@H](O[C@@H]1OC(CO[C@H]2O[C@H](CO)[C@@H](O)C[C@H]2O)C[C@H](O)C1O[C@H]1C[C@@H](O)C[C@@H](CO)O1)C(C)(C)O)C1CC[C@@]2(C)C3CC=C4C(CC[C@H](O[C@H]5C[C@@H](O)C[C@@H](CO)O5)C4(C)C)[C@]3(C)C(=O)C[C@]12C. The molecule has 23 atom stereocenters. The van der Waals surface area contributed by atoms with Crippen LogP contribution in [-0.4, -0.2) is 182 Å². The lowest BCUT2D eigenvalue weighted by Gasteiger charge is -2.65. The maximum absolute atomic E-state index is 15.2. The molecule has 4 aliphatic carbocycles. The third-order valence-corrected chi connectivity index (χ3v) is 19.7. The van der Waals surface area contributed by atoms with Gasteiger partial charge in [-0.25, -0.2) is 0 Å².